The minimum Gasteiger partial charge on any atom is -0.276 e. The van der Waals surface area contributed by atoms with Crippen molar-refractivity contribution < 1.29 is 0 Å². The molecule has 0 unspecified atom stereocenters. The molecule has 0 amide bonds. The van der Waals surface area contributed by atoms with Crippen LogP contribution in [0.2, 0.25) is 0 Å². The van der Waals surface area contributed by atoms with Gasteiger partial charge in [-0.05, 0) is 67.9 Å². The van der Waals surface area contributed by atoms with Gasteiger partial charge in [-0.15, -0.1) is 0 Å². The quantitative estimate of drug-likeness (QED) is 0.198. The van der Waals surface area contributed by atoms with Gasteiger partial charge < -0.3 is 0 Å². The van der Waals surface area contributed by atoms with Crippen LogP contribution >= 0.6 is 0 Å². The minimum atomic E-state index is 0.669. The summed E-state index contributed by atoms with van der Waals surface area (Å²) in [6, 6.07) is 52.7. The standard InChI is InChI=1S/C41H24N4/c42-25-27-22-23-34(29-15-5-4-14-28(27)29)39-30-16-6-8-18-32(30)40(33-19-9-7-17-31(33)39)36-24-38(26-12-2-1-3-13-26)45-37-21-11-10-20-35(37)43-41(45)44-36/h1-24H. The third kappa shape index (κ3) is 3.78. The van der Waals surface area contributed by atoms with Crippen molar-refractivity contribution in [2.45, 2.75) is 0 Å². The molecule has 0 spiro atoms. The molecule has 0 aliphatic heterocycles. The molecule has 0 saturated heterocycles. The molecule has 0 radical (unpaired) electrons. The number of hydrogen-bond donors (Lipinski definition) is 0. The van der Waals surface area contributed by atoms with Crippen LogP contribution in [0.1, 0.15) is 5.56 Å². The summed E-state index contributed by atoms with van der Waals surface area (Å²) in [6.07, 6.45) is 0. The molecule has 0 saturated carbocycles. The summed E-state index contributed by atoms with van der Waals surface area (Å²) >= 11 is 0. The molecule has 0 atom stereocenters. The first kappa shape index (κ1) is 25.2. The summed E-state index contributed by atoms with van der Waals surface area (Å²) in [6.45, 7) is 0. The third-order valence-corrected chi connectivity index (χ3v) is 8.85. The molecule has 4 nitrogen and oxygen atoms in total. The Morgan fingerprint density at radius 2 is 1.09 bits per heavy atom. The number of imidazole rings is 1. The molecule has 0 aliphatic rings. The number of benzene rings is 7. The highest BCUT2D eigenvalue weighted by Crippen LogP contribution is 2.45. The van der Waals surface area contributed by atoms with Gasteiger partial charge in [-0.3, -0.25) is 4.40 Å². The third-order valence-electron chi connectivity index (χ3n) is 8.85. The van der Waals surface area contributed by atoms with E-state index in [1.807, 2.05) is 48.5 Å². The first-order valence-corrected chi connectivity index (χ1v) is 15.0. The van der Waals surface area contributed by atoms with E-state index >= 15 is 0 Å². The number of rotatable bonds is 3. The lowest BCUT2D eigenvalue weighted by Gasteiger charge is -2.19. The Kier molecular flexibility index (Phi) is 5.53. The topological polar surface area (TPSA) is 54.0 Å². The van der Waals surface area contributed by atoms with Crippen molar-refractivity contribution in [3.8, 4) is 39.7 Å². The van der Waals surface area contributed by atoms with Gasteiger partial charge in [0.2, 0.25) is 5.78 Å². The van der Waals surface area contributed by atoms with Gasteiger partial charge in [0.25, 0.3) is 0 Å². The zero-order valence-corrected chi connectivity index (χ0v) is 24.1. The molecule has 0 aliphatic carbocycles. The van der Waals surface area contributed by atoms with Gasteiger partial charge in [0.1, 0.15) is 0 Å². The lowest BCUT2D eigenvalue weighted by atomic mass is 9.85. The molecule has 2 aromatic heterocycles. The van der Waals surface area contributed by atoms with Crippen molar-refractivity contribution >= 4 is 49.1 Å². The van der Waals surface area contributed by atoms with E-state index in [4.69, 9.17) is 9.97 Å². The summed E-state index contributed by atoms with van der Waals surface area (Å²) in [5.74, 6) is 0.669. The fourth-order valence-electron chi connectivity index (χ4n) is 6.92. The van der Waals surface area contributed by atoms with Gasteiger partial charge in [0, 0.05) is 10.9 Å². The second-order valence-corrected chi connectivity index (χ2v) is 11.3. The maximum absolute atomic E-state index is 9.87. The normalized spacial score (nSPS) is 11.5. The highest BCUT2D eigenvalue weighted by Gasteiger charge is 2.21. The average Bonchev–Trinajstić information content (AvgIpc) is 3.49. The molecule has 7 aromatic carbocycles. The molecule has 9 rings (SSSR count). The van der Waals surface area contributed by atoms with E-state index in [0.717, 1.165) is 77.0 Å². The predicted octanol–water partition coefficient (Wildman–Crippen LogP) is 10.2. The van der Waals surface area contributed by atoms with Gasteiger partial charge in [-0.25, -0.2) is 9.97 Å². The minimum absolute atomic E-state index is 0.669. The SMILES string of the molecule is N#Cc1ccc(-c2c3ccccc3c(-c3cc(-c4ccccc4)n4c(n3)nc3ccccc34)c3ccccc23)c2ccccc12. The smallest absolute Gasteiger partial charge is 0.235 e. The molecule has 2 heterocycles. The van der Waals surface area contributed by atoms with E-state index < -0.39 is 0 Å². The largest absolute Gasteiger partial charge is 0.276 e. The fourth-order valence-corrected chi connectivity index (χ4v) is 6.92. The molecule has 0 bridgehead atoms. The number of fused-ring (bicyclic) bond motifs is 6. The van der Waals surface area contributed by atoms with E-state index in [1.165, 1.54) is 0 Å². The van der Waals surface area contributed by atoms with Crippen molar-refractivity contribution in [3.63, 3.8) is 0 Å². The lowest BCUT2D eigenvalue weighted by molar-refractivity contribution is 1.15. The molecular weight excluding hydrogens is 548 g/mol. The first-order valence-electron chi connectivity index (χ1n) is 15.0. The second-order valence-electron chi connectivity index (χ2n) is 11.3. The Morgan fingerprint density at radius 1 is 0.511 bits per heavy atom. The fraction of sp³-hybridized carbons (Fsp3) is 0. The molecule has 45 heavy (non-hydrogen) atoms. The molecular formula is C41H24N4. The second kappa shape index (κ2) is 9.87. The predicted molar refractivity (Wildman–Crippen MR) is 184 cm³/mol. The molecule has 0 fully saturated rings. The van der Waals surface area contributed by atoms with E-state index in [9.17, 15) is 5.26 Å². The van der Waals surface area contributed by atoms with Crippen LogP contribution in [-0.4, -0.2) is 14.4 Å². The van der Waals surface area contributed by atoms with Crippen LogP contribution < -0.4 is 0 Å². The van der Waals surface area contributed by atoms with Crippen molar-refractivity contribution in [2.75, 3.05) is 0 Å². The highest BCUT2D eigenvalue weighted by atomic mass is 15.1. The maximum atomic E-state index is 9.87. The van der Waals surface area contributed by atoms with Crippen LogP contribution in [0.4, 0.5) is 0 Å². The molecule has 9 aromatic rings. The number of nitriles is 1. The van der Waals surface area contributed by atoms with Gasteiger partial charge in [-0.1, -0.05) is 121 Å². The Bertz CT molecular complexity index is 2600. The van der Waals surface area contributed by atoms with Crippen LogP contribution in [0.5, 0.6) is 0 Å². The number of para-hydroxylation sites is 2. The van der Waals surface area contributed by atoms with Crippen LogP contribution in [0, 0.1) is 11.3 Å². The van der Waals surface area contributed by atoms with E-state index in [1.54, 1.807) is 0 Å². The number of nitrogens with zero attached hydrogens (tertiary/aromatic N) is 4. The Labute approximate surface area is 259 Å². The maximum Gasteiger partial charge on any atom is 0.235 e. The van der Waals surface area contributed by atoms with E-state index in [0.29, 0.717) is 11.3 Å². The van der Waals surface area contributed by atoms with Crippen LogP contribution in [0.3, 0.4) is 0 Å². The van der Waals surface area contributed by atoms with Gasteiger partial charge in [0.05, 0.1) is 34.1 Å². The average molecular weight is 573 g/mol. The summed E-state index contributed by atoms with van der Waals surface area (Å²) in [7, 11) is 0. The molecule has 4 heteroatoms. The summed E-state index contributed by atoms with van der Waals surface area (Å²) < 4.78 is 2.16. The Hall–Kier alpha value is -6.31. The van der Waals surface area contributed by atoms with Gasteiger partial charge in [0.15, 0.2) is 0 Å². The van der Waals surface area contributed by atoms with Crippen molar-refractivity contribution in [1.29, 1.82) is 5.26 Å². The van der Waals surface area contributed by atoms with Crippen LogP contribution in [0.25, 0.3) is 82.8 Å². The summed E-state index contributed by atoms with van der Waals surface area (Å²) in [5.41, 5.74) is 8.98. The number of hydrogen-bond acceptors (Lipinski definition) is 3. The Balaban J connectivity index is 1.43. The molecule has 0 N–H and O–H groups in total. The lowest BCUT2D eigenvalue weighted by Crippen LogP contribution is -1.99. The van der Waals surface area contributed by atoms with Crippen molar-refractivity contribution in [2.24, 2.45) is 0 Å². The monoisotopic (exact) mass is 572 g/mol. The molecule has 208 valence electrons. The van der Waals surface area contributed by atoms with E-state index in [-0.39, 0.29) is 0 Å². The number of aromatic nitrogens is 3. The van der Waals surface area contributed by atoms with E-state index in [2.05, 4.69) is 108 Å². The van der Waals surface area contributed by atoms with Crippen LogP contribution in [-0.2, 0) is 0 Å². The van der Waals surface area contributed by atoms with Gasteiger partial charge in [-0.2, -0.15) is 5.26 Å². The first-order chi connectivity index (χ1) is 22.3. The zero-order valence-electron chi connectivity index (χ0n) is 24.1. The van der Waals surface area contributed by atoms with Crippen molar-refractivity contribution in [1.82, 2.24) is 14.4 Å². The van der Waals surface area contributed by atoms with Crippen molar-refractivity contribution in [3.05, 3.63) is 151 Å². The van der Waals surface area contributed by atoms with Gasteiger partial charge >= 0.3 is 0 Å². The summed E-state index contributed by atoms with van der Waals surface area (Å²) in [5, 5.41) is 16.4. The Morgan fingerprint density at radius 3 is 1.78 bits per heavy atom. The summed E-state index contributed by atoms with van der Waals surface area (Å²) in [4.78, 5) is 10.2. The highest BCUT2D eigenvalue weighted by molar-refractivity contribution is 6.23. The zero-order chi connectivity index (χ0) is 29.9. The van der Waals surface area contributed by atoms with Crippen LogP contribution in [0.15, 0.2) is 146 Å².